The molecule has 0 saturated heterocycles. The molecule has 0 radical (unpaired) electrons. The molecule has 0 amide bonds. The first kappa shape index (κ1) is 14.5. The predicted octanol–water partition coefficient (Wildman–Crippen LogP) is 2.24. The monoisotopic (exact) mass is 222 g/mol. The SMILES string of the molecule is CC1=CC=C(C(=O)CC=O)CC=C1.COC. The molecule has 0 aliphatic heterocycles. The average molecular weight is 222 g/mol. The van der Waals surface area contributed by atoms with Crippen LogP contribution in [0, 0.1) is 0 Å². The lowest BCUT2D eigenvalue weighted by atomic mass is 10.1. The summed E-state index contributed by atoms with van der Waals surface area (Å²) in [6.45, 7) is 1.97. The summed E-state index contributed by atoms with van der Waals surface area (Å²) in [4.78, 5) is 21.4. The highest BCUT2D eigenvalue weighted by Crippen LogP contribution is 2.12. The minimum atomic E-state index is -0.0781. The Morgan fingerprint density at radius 1 is 1.44 bits per heavy atom. The minimum absolute atomic E-state index is 0.00738. The molecular weight excluding hydrogens is 204 g/mol. The highest BCUT2D eigenvalue weighted by atomic mass is 16.4. The maximum absolute atomic E-state index is 11.3. The zero-order chi connectivity index (χ0) is 12.4. The van der Waals surface area contributed by atoms with Gasteiger partial charge in [-0.05, 0) is 18.9 Å². The largest absolute Gasteiger partial charge is 0.388 e. The van der Waals surface area contributed by atoms with E-state index in [-0.39, 0.29) is 12.2 Å². The number of rotatable bonds is 3. The number of ether oxygens (including phenoxy) is 1. The van der Waals surface area contributed by atoms with E-state index in [2.05, 4.69) is 4.74 Å². The van der Waals surface area contributed by atoms with E-state index >= 15 is 0 Å². The lowest BCUT2D eigenvalue weighted by Gasteiger charge is -1.97. The van der Waals surface area contributed by atoms with Gasteiger partial charge in [0.1, 0.15) is 6.29 Å². The van der Waals surface area contributed by atoms with Crippen molar-refractivity contribution in [3.05, 3.63) is 35.5 Å². The van der Waals surface area contributed by atoms with Crippen LogP contribution in [0.5, 0.6) is 0 Å². The van der Waals surface area contributed by atoms with Crippen LogP contribution in [0.15, 0.2) is 35.5 Å². The van der Waals surface area contributed by atoms with Gasteiger partial charge in [-0.1, -0.05) is 29.9 Å². The number of ketones is 1. The van der Waals surface area contributed by atoms with Gasteiger partial charge in [-0.25, -0.2) is 0 Å². The van der Waals surface area contributed by atoms with Crippen molar-refractivity contribution in [1.29, 1.82) is 0 Å². The van der Waals surface area contributed by atoms with Gasteiger partial charge < -0.3 is 9.53 Å². The van der Waals surface area contributed by atoms with Crippen molar-refractivity contribution in [1.82, 2.24) is 0 Å². The highest BCUT2D eigenvalue weighted by molar-refractivity contribution is 6.02. The van der Waals surface area contributed by atoms with Crippen LogP contribution >= 0.6 is 0 Å². The third-order valence-corrected chi connectivity index (χ3v) is 1.89. The molecule has 0 aromatic rings. The Hall–Kier alpha value is -1.48. The van der Waals surface area contributed by atoms with Crippen molar-refractivity contribution in [3.8, 4) is 0 Å². The second-order valence-electron chi connectivity index (χ2n) is 3.41. The van der Waals surface area contributed by atoms with Gasteiger partial charge in [0.25, 0.3) is 0 Å². The van der Waals surface area contributed by atoms with E-state index in [4.69, 9.17) is 0 Å². The first-order valence-corrected chi connectivity index (χ1v) is 5.06. The maximum atomic E-state index is 11.3. The number of carbonyl (C=O) groups excluding carboxylic acids is 2. The van der Waals surface area contributed by atoms with Crippen molar-refractivity contribution in [3.63, 3.8) is 0 Å². The summed E-state index contributed by atoms with van der Waals surface area (Å²) in [5, 5.41) is 0. The smallest absolute Gasteiger partial charge is 0.166 e. The molecule has 0 saturated carbocycles. The topological polar surface area (TPSA) is 43.4 Å². The van der Waals surface area contributed by atoms with Gasteiger partial charge in [0, 0.05) is 14.2 Å². The summed E-state index contributed by atoms with van der Waals surface area (Å²) in [5.41, 5.74) is 1.83. The molecule has 0 fully saturated rings. The normalized spacial score (nSPS) is 13.9. The fourth-order valence-electron chi connectivity index (χ4n) is 1.14. The Morgan fingerprint density at radius 2 is 2.06 bits per heavy atom. The molecule has 0 heterocycles. The van der Waals surface area contributed by atoms with Gasteiger partial charge >= 0.3 is 0 Å². The fraction of sp³-hybridized carbons (Fsp3) is 0.385. The molecule has 0 aromatic carbocycles. The molecule has 88 valence electrons. The first-order chi connectivity index (χ1) is 7.65. The Morgan fingerprint density at radius 3 is 2.62 bits per heavy atom. The number of hydrogen-bond donors (Lipinski definition) is 0. The molecule has 3 nitrogen and oxygen atoms in total. The van der Waals surface area contributed by atoms with Crippen LogP contribution in [0.4, 0.5) is 0 Å². The highest BCUT2D eigenvalue weighted by Gasteiger charge is 2.07. The van der Waals surface area contributed by atoms with Gasteiger partial charge in [0.15, 0.2) is 5.78 Å². The quantitative estimate of drug-likeness (QED) is 0.543. The molecule has 1 aliphatic rings. The summed E-state index contributed by atoms with van der Waals surface area (Å²) < 4.78 is 4.25. The van der Waals surface area contributed by atoms with Gasteiger partial charge in [-0.2, -0.15) is 0 Å². The van der Waals surface area contributed by atoms with Gasteiger partial charge in [-0.15, -0.1) is 0 Å². The molecule has 16 heavy (non-hydrogen) atoms. The Bertz CT molecular complexity index is 322. The zero-order valence-corrected chi connectivity index (χ0v) is 10.0. The third kappa shape index (κ3) is 6.09. The predicted molar refractivity (Wildman–Crippen MR) is 64.2 cm³/mol. The second-order valence-corrected chi connectivity index (χ2v) is 3.41. The van der Waals surface area contributed by atoms with E-state index < -0.39 is 0 Å². The molecule has 1 aliphatic carbocycles. The van der Waals surface area contributed by atoms with Crippen molar-refractivity contribution < 1.29 is 14.3 Å². The van der Waals surface area contributed by atoms with Crippen molar-refractivity contribution in [2.75, 3.05) is 14.2 Å². The van der Waals surface area contributed by atoms with E-state index in [9.17, 15) is 9.59 Å². The standard InChI is InChI=1S/C11H12O2.C2H6O/c1-9-3-2-4-10(6-5-9)11(13)7-8-12;1-3-2/h2-3,5-6,8H,4,7H2,1H3;1-2H3. The second kappa shape index (κ2) is 8.80. The summed E-state index contributed by atoms with van der Waals surface area (Å²) in [7, 11) is 3.25. The van der Waals surface area contributed by atoms with Crippen molar-refractivity contribution in [2.45, 2.75) is 19.8 Å². The molecule has 0 aromatic heterocycles. The van der Waals surface area contributed by atoms with Crippen LogP contribution in [-0.4, -0.2) is 26.3 Å². The van der Waals surface area contributed by atoms with Crippen LogP contribution < -0.4 is 0 Å². The van der Waals surface area contributed by atoms with Crippen LogP contribution in [-0.2, 0) is 14.3 Å². The van der Waals surface area contributed by atoms with Gasteiger partial charge in [-0.3, -0.25) is 4.79 Å². The van der Waals surface area contributed by atoms with E-state index in [0.29, 0.717) is 18.3 Å². The number of Topliss-reactive ketones (excluding diaryl/α,β-unsaturated/α-hetero) is 1. The lowest BCUT2D eigenvalue weighted by Crippen LogP contribution is -2.01. The molecular formula is C13H18O3. The Kier molecular flexibility index (Phi) is 7.98. The van der Waals surface area contributed by atoms with Crippen molar-refractivity contribution in [2.24, 2.45) is 0 Å². The van der Waals surface area contributed by atoms with Crippen LogP contribution in [0.25, 0.3) is 0 Å². The van der Waals surface area contributed by atoms with E-state index in [0.717, 1.165) is 5.57 Å². The Labute approximate surface area is 96.5 Å². The molecule has 0 spiro atoms. The fourth-order valence-corrected chi connectivity index (χ4v) is 1.14. The maximum Gasteiger partial charge on any atom is 0.166 e. The number of hydrogen-bond acceptors (Lipinski definition) is 3. The van der Waals surface area contributed by atoms with Gasteiger partial charge in [0.05, 0.1) is 6.42 Å². The molecule has 3 heteroatoms. The lowest BCUT2D eigenvalue weighted by molar-refractivity contribution is -0.119. The number of methoxy groups -OCH3 is 1. The van der Waals surface area contributed by atoms with Crippen LogP contribution in [0.1, 0.15) is 19.8 Å². The summed E-state index contributed by atoms with van der Waals surface area (Å²) >= 11 is 0. The molecule has 0 unspecified atom stereocenters. The number of allylic oxidation sites excluding steroid dienone is 6. The van der Waals surface area contributed by atoms with Crippen LogP contribution in [0.2, 0.25) is 0 Å². The summed E-state index contributed by atoms with van der Waals surface area (Å²) in [6.07, 6.45) is 8.86. The van der Waals surface area contributed by atoms with E-state index in [1.807, 2.05) is 25.2 Å². The van der Waals surface area contributed by atoms with Crippen LogP contribution in [0.3, 0.4) is 0 Å². The molecule has 1 rings (SSSR count). The average Bonchev–Trinajstić information content (AvgIpc) is 2.44. The third-order valence-electron chi connectivity index (χ3n) is 1.89. The molecule has 0 bridgehead atoms. The van der Waals surface area contributed by atoms with E-state index in [1.54, 1.807) is 20.3 Å². The summed E-state index contributed by atoms with van der Waals surface area (Å²) in [5.74, 6) is -0.0781. The Balaban J connectivity index is 0.000000673. The zero-order valence-electron chi connectivity index (χ0n) is 10.0. The first-order valence-electron chi connectivity index (χ1n) is 5.06. The molecule has 0 atom stereocenters. The van der Waals surface area contributed by atoms with Gasteiger partial charge in [0.2, 0.25) is 0 Å². The minimum Gasteiger partial charge on any atom is -0.388 e. The number of carbonyl (C=O) groups is 2. The molecule has 0 N–H and O–H groups in total. The number of aldehydes is 1. The van der Waals surface area contributed by atoms with Crippen molar-refractivity contribution >= 4 is 12.1 Å². The van der Waals surface area contributed by atoms with E-state index in [1.165, 1.54) is 0 Å². The summed E-state index contributed by atoms with van der Waals surface area (Å²) in [6, 6.07) is 0.